The minimum Gasteiger partial charge on any atom is -0.364 e. The molecule has 2 rings (SSSR count). The Morgan fingerprint density at radius 3 is 3.07 bits per heavy atom. The molecular formula is C8H7N3O2S. The summed E-state index contributed by atoms with van der Waals surface area (Å²) in [5.74, 6) is 0. The fraction of sp³-hybridized carbons (Fsp3) is 0.125. The van der Waals surface area contributed by atoms with Crippen LogP contribution in [0.2, 0.25) is 0 Å². The fourth-order valence-corrected chi connectivity index (χ4v) is 1.29. The van der Waals surface area contributed by atoms with Gasteiger partial charge in [-0.2, -0.15) is 0 Å². The van der Waals surface area contributed by atoms with Gasteiger partial charge in [-0.25, -0.2) is 0 Å². The number of hydrogen-bond acceptors (Lipinski definition) is 4. The number of aromatic amines is 1. The minimum atomic E-state index is -0.202. The lowest BCUT2D eigenvalue weighted by molar-refractivity contribution is 0.409. The molecule has 0 bridgehead atoms. The lowest BCUT2D eigenvalue weighted by Crippen LogP contribution is -2.11. The molecule has 2 aromatic heterocycles. The summed E-state index contributed by atoms with van der Waals surface area (Å²) in [6, 6.07) is 3.16. The fourth-order valence-electron chi connectivity index (χ4n) is 1.06. The number of rotatable bonds is 2. The molecule has 0 spiro atoms. The zero-order valence-corrected chi connectivity index (χ0v) is 7.95. The predicted octanol–water partition coefficient (Wildman–Crippen LogP) is 0.942. The van der Waals surface area contributed by atoms with E-state index in [-0.39, 0.29) is 5.56 Å². The summed E-state index contributed by atoms with van der Waals surface area (Å²) in [4.78, 5) is 13.4. The normalized spacial score (nSPS) is 10.3. The lowest BCUT2D eigenvalue weighted by atomic mass is 10.4. The average Bonchev–Trinajstić information content (AvgIpc) is 2.62. The summed E-state index contributed by atoms with van der Waals surface area (Å²) in [6.07, 6.45) is 3.11. The standard InChI is InChI=1S/C8H7N3O2S/c12-7-1-3-11(8(14)9-7)5-6-2-4-13-10-6/h1-4H,5H2,(H,9,12,14). The van der Waals surface area contributed by atoms with E-state index in [0.29, 0.717) is 11.3 Å². The van der Waals surface area contributed by atoms with Crippen molar-refractivity contribution < 1.29 is 4.52 Å². The highest BCUT2D eigenvalue weighted by Crippen LogP contribution is 1.98. The van der Waals surface area contributed by atoms with E-state index >= 15 is 0 Å². The molecule has 0 unspecified atom stereocenters. The number of hydrogen-bond donors (Lipinski definition) is 1. The second-order valence-corrected chi connectivity index (χ2v) is 3.12. The monoisotopic (exact) mass is 209 g/mol. The zero-order valence-electron chi connectivity index (χ0n) is 7.14. The van der Waals surface area contributed by atoms with Gasteiger partial charge in [-0.15, -0.1) is 0 Å². The molecular weight excluding hydrogens is 202 g/mol. The molecule has 2 aromatic rings. The summed E-state index contributed by atoms with van der Waals surface area (Å²) < 4.78 is 6.76. The Morgan fingerprint density at radius 2 is 2.43 bits per heavy atom. The molecule has 0 aliphatic carbocycles. The van der Waals surface area contributed by atoms with Crippen molar-refractivity contribution in [2.24, 2.45) is 0 Å². The highest BCUT2D eigenvalue weighted by Gasteiger charge is 1.98. The van der Waals surface area contributed by atoms with Crippen LogP contribution in [0.4, 0.5) is 0 Å². The summed E-state index contributed by atoms with van der Waals surface area (Å²) in [7, 11) is 0. The largest absolute Gasteiger partial charge is 0.364 e. The zero-order chi connectivity index (χ0) is 9.97. The summed E-state index contributed by atoms with van der Waals surface area (Å²) in [5, 5.41) is 3.74. The van der Waals surface area contributed by atoms with E-state index in [0.717, 1.165) is 5.69 Å². The first-order valence-corrected chi connectivity index (χ1v) is 4.35. The van der Waals surface area contributed by atoms with Crippen LogP contribution >= 0.6 is 12.2 Å². The van der Waals surface area contributed by atoms with Crippen LogP contribution in [0.3, 0.4) is 0 Å². The molecule has 1 N–H and O–H groups in total. The van der Waals surface area contributed by atoms with Gasteiger partial charge in [0, 0.05) is 18.3 Å². The second-order valence-electron chi connectivity index (χ2n) is 2.73. The summed E-state index contributed by atoms with van der Waals surface area (Å²) >= 11 is 4.96. The Kier molecular flexibility index (Phi) is 2.28. The molecule has 0 saturated carbocycles. The van der Waals surface area contributed by atoms with Crippen molar-refractivity contribution in [1.82, 2.24) is 14.7 Å². The van der Waals surface area contributed by atoms with E-state index in [4.69, 9.17) is 12.2 Å². The predicted molar refractivity (Wildman–Crippen MR) is 51.5 cm³/mol. The molecule has 0 atom stereocenters. The van der Waals surface area contributed by atoms with Crippen LogP contribution in [0.15, 0.2) is 33.9 Å². The van der Waals surface area contributed by atoms with Gasteiger partial charge in [-0.1, -0.05) is 5.16 Å². The van der Waals surface area contributed by atoms with Crippen LogP contribution < -0.4 is 5.56 Å². The van der Waals surface area contributed by atoms with Gasteiger partial charge in [0.1, 0.15) is 12.0 Å². The Labute approximate surface area is 84.0 Å². The van der Waals surface area contributed by atoms with Crippen LogP contribution in [0, 0.1) is 4.77 Å². The Balaban J connectivity index is 2.35. The maximum Gasteiger partial charge on any atom is 0.251 e. The van der Waals surface area contributed by atoms with Crippen molar-refractivity contribution in [3.63, 3.8) is 0 Å². The topological polar surface area (TPSA) is 63.8 Å². The molecule has 0 aliphatic heterocycles. The molecule has 0 fully saturated rings. The number of nitrogens with one attached hydrogen (secondary N) is 1. The number of aromatic nitrogens is 3. The van der Waals surface area contributed by atoms with E-state index in [9.17, 15) is 4.79 Å². The van der Waals surface area contributed by atoms with Gasteiger partial charge in [-0.3, -0.25) is 9.78 Å². The third kappa shape index (κ3) is 1.80. The van der Waals surface area contributed by atoms with Gasteiger partial charge >= 0.3 is 0 Å². The van der Waals surface area contributed by atoms with Crippen LogP contribution in [0.5, 0.6) is 0 Å². The maximum absolute atomic E-state index is 10.9. The molecule has 0 aromatic carbocycles. The summed E-state index contributed by atoms with van der Waals surface area (Å²) in [5.41, 5.74) is 0.555. The first-order valence-electron chi connectivity index (χ1n) is 3.95. The average molecular weight is 209 g/mol. The molecule has 0 radical (unpaired) electrons. The van der Waals surface area contributed by atoms with Gasteiger partial charge in [0.05, 0.1) is 6.54 Å². The molecule has 5 nitrogen and oxygen atoms in total. The molecule has 2 heterocycles. The smallest absolute Gasteiger partial charge is 0.251 e. The number of nitrogens with zero attached hydrogens (tertiary/aromatic N) is 2. The van der Waals surface area contributed by atoms with Crippen LogP contribution in [0.25, 0.3) is 0 Å². The van der Waals surface area contributed by atoms with Crippen molar-refractivity contribution in [1.29, 1.82) is 0 Å². The second kappa shape index (κ2) is 3.59. The highest BCUT2D eigenvalue weighted by molar-refractivity contribution is 7.71. The molecule has 0 aliphatic rings. The Bertz CT molecular complexity index is 526. The maximum atomic E-state index is 10.9. The minimum absolute atomic E-state index is 0.202. The van der Waals surface area contributed by atoms with E-state index in [1.54, 1.807) is 16.8 Å². The lowest BCUT2D eigenvalue weighted by Gasteiger charge is -2.01. The van der Waals surface area contributed by atoms with Crippen LogP contribution in [-0.2, 0) is 6.54 Å². The quantitative estimate of drug-likeness (QED) is 0.748. The van der Waals surface area contributed by atoms with Gasteiger partial charge in [0.15, 0.2) is 4.77 Å². The third-order valence-electron chi connectivity index (χ3n) is 1.72. The van der Waals surface area contributed by atoms with E-state index in [1.807, 2.05) is 0 Å². The van der Waals surface area contributed by atoms with Crippen LogP contribution in [-0.4, -0.2) is 14.7 Å². The summed E-state index contributed by atoms with van der Waals surface area (Å²) in [6.45, 7) is 0.492. The highest BCUT2D eigenvalue weighted by atomic mass is 32.1. The van der Waals surface area contributed by atoms with Gasteiger partial charge in [0.25, 0.3) is 5.56 Å². The van der Waals surface area contributed by atoms with Crippen LogP contribution in [0.1, 0.15) is 5.69 Å². The molecule has 6 heteroatoms. The Hall–Kier alpha value is -1.69. The molecule has 72 valence electrons. The Morgan fingerprint density at radius 1 is 1.57 bits per heavy atom. The molecule has 14 heavy (non-hydrogen) atoms. The van der Waals surface area contributed by atoms with Crippen molar-refractivity contribution >= 4 is 12.2 Å². The molecule has 0 saturated heterocycles. The van der Waals surface area contributed by atoms with Crippen molar-refractivity contribution in [3.05, 3.63) is 45.4 Å². The number of H-pyrrole nitrogens is 1. The molecule has 0 amide bonds. The first-order chi connectivity index (χ1) is 6.75. The first kappa shape index (κ1) is 8.89. The van der Waals surface area contributed by atoms with Gasteiger partial charge in [-0.05, 0) is 12.2 Å². The third-order valence-corrected chi connectivity index (χ3v) is 2.06. The van der Waals surface area contributed by atoms with Gasteiger partial charge in [0.2, 0.25) is 0 Å². The van der Waals surface area contributed by atoms with Gasteiger partial charge < -0.3 is 9.09 Å². The van der Waals surface area contributed by atoms with E-state index in [1.165, 1.54) is 12.3 Å². The SMILES string of the molecule is O=c1ccn(Cc2ccon2)c(=S)[nH]1. The van der Waals surface area contributed by atoms with E-state index in [2.05, 4.69) is 14.7 Å². The van der Waals surface area contributed by atoms with Crippen molar-refractivity contribution in [3.8, 4) is 0 Å². The van der Waals surface area contributed by atoms with Crippen molar-refractivity contribution in [2.75, 3.05) is 0 Å². The van der Waals surface area contributed by atoms with Crippen molar-refractivity contribution in [2.45, 2.75) is 6.54 Å². The van der Waals surface area contributed by atoms with E-state index < -0.39 is 0 Å².